The summed E-state index contributed by atoms with van der Waals surface area (Å²) in [6, 6.07) is 0. The Morgan fingerprint density at radius 1 is 1.14 bits per heavy atom. The number of nitrogens with one attached hydrogen (secondary N) is 1. The molecule has 0 aromatic rings. The number of hydrogen-bond acceptors (Lipinski definition) is 3. The molecule has 4 atom stereocenters. The molecule has 4 unspecified atom stereocenters. The smallest absolute Gasteiger partial charge is 0.409 e. The van der Waals surface area contributed by atoms with Gasteiger partial charge in [-0.2, -0.15) is 0 Å². The van der Waals surface area contributed by atoms with Crippen molar-refractivity contribution in [3.8, 4) is 0 Å². The van der Waals surface area contributed by atoms with Crippen LogP contribution >= 0.6 is 0 Å². The summed E-state index contributed by atoms with van der Waals surface area (Å²) < 4.78 is 5.77. The van der Waals surface area contributed by atoms with E-state index in [1.165, 1.54) is 44.9 Å². The maximum Gasteiger partial charge on any atom is 0.409 e. The van der Waals surface area contributed by atoms with Gasteiger partial charge in [0, 0.05) is 31.6 Å². The molecule has 1 N–H and O–H groups in total. The number of fused-ring (bicyclic) bond motifs is 2. The first-order chi connectivity index (χ1) is 10.2. The van der Waals surface area contributed by atoms with Gasteiger partial charge in [0.15, 0.2) is 0 Å². The van der Waals surface area contributed by atoms with E-state index < -0.39 is 0 Å². The first kappa shape index (κ1) is 13.9. The first-order valence-corrected chi connectivity index (χ1v) is 8.87. The Hall–Kier alpha value is -0.770. The zero-order valence-corrected chi connectivity index (χ0v) is 13.0. The second kappa shape index (κ2) is 5.45. The summed E-state index contributed by atoms with van der Waals surface area (Å²) in [5, 5.41) is 3.28. The molecule has 3 aliphatic carbocycles. The Balaban J connectivity index is 1.37. The number of hydrogen-bond donors (Lipinski definition) is 1. The SMILES string of the molecule is O=C(OCC12CC3CCCC(C1)C(C3)C2)N1CCNCC1. The molecule has 1 aliphatic heterocycles. The number of carbonyl (C=O) groups excluding carboxylic acids is 1. The Kier molecular flexibility index (Phi) is 3.60. The minimum atomic E-state index is -0.0787. The molecule has 4 heteroatoms. The Labute approximate surface area is 127 Å². The number of carbonyl (C=O) groups is 1. The molecule has 118 valence electrons. The lowest BCUT2D eigenvalue weighted by Gasteiger charge is -2.38. The molecule has 4 aliphatic rings. The van der Waals surface area contributed by atoms with Crippen LogP contribution in [-0.4, -0.2) is 43.8 Å². The molecule has 1 heterocycles. The molecule has 1 saturated heterocycles. The van der Waals surface area contributed by atoms with Crippen molar-refractivity contribution in [1.29, 1.82) is 0 Å². The van der Waals surface area contributed by atoms with Gasteiger partial charge in [0.2, 0.25) is 0 Å². The second-order valence-electron chi connectivity index (χ2n) is 7.96. The fourth-order valence-electron chi connectivity index (χ4n) is 5.65. The molecule has 3 saturated carbocycles. The quantitative estimate of drug-likeness (QED) is 0.850. The molecule has 0 aromatic heterocycles. The second-order valence-corrected chi connectivity index (χ2v) is 7.96. The van der Waals surface area contributed by atoms with Gasteiger partial charge in [-0.15, -0.1) is 0 Å². The normalized spacial score (nSPS) is 41.9. The van der Waals surface area contributed by atoms with E-state index in [1.54, 1.807) is 0 Å². The van der Waals surface area contributed by atoms with Crippen LogP contribution in [-0.2, 0) is 4.74 Å². The molecule has 4 nitrogen and oxygen atoms in total. The highest BCUT2D eigenvalue weighted by molar-refractivity contribution is 5.67. The zero-order valence-electron chi connectivity index (χ0n) is 13.0. The van der Waals surface area contributed by atoms with Crippen molar-refractivity contribution in [3.05, 3.63) is 0 Å². The van der Waals surface area contributed by atoms with Gasteiger partial charge < -0.3 is 15.0 Å². The van der Waals surface area contributed by atoms with Crippen molar-refractivity contribution < 1.29 is 9.53 Å². The van der Waals surface area contributed by atoms with E-state index in [1.807, 2.05) is 4.90 Å². The van der Waals surface area contributed by atoms with Crippen LogP contribution in [0.2, 0.25) is 0 Å². The van der Waals surface area contributed by atoms with Crippen LogP contribution in [0.25, 0.3) is 0 Å². The van der Waals surface area contributed by atoms with Crippen molar-refractivity contribution in [2.45, 2.75) is 44.9 Å². The highest BCUT2D eigenvalue weighted by Gasteiger charge is 2.52. The molecule has 1 amide bonds. The van der Waals surface area contributed by atoms with Gasteiger partial charge in [-0.1, -0.05) is 19.3 Å². The third-order valence-electron chi connectivity index (χ3n) is 6.48. The maximum atomic E-state index is 12.2. The van der Waals surface area contributed by atoms with E-state index >= 15 is 0 Å². The zero-order chi connectivity index (χ0) is 14.3. The van der Waals surface area contributed by atoms with Crippen molar-refractivity contribution in [1.82, 2.24) is 10.2 Å². The average molecular weight is 292 g/mol. The number of nitrogens with zero attached hydrogens (tertiary/aromatic N) is 1. The Morgan fingerprint density at radius 2 is 1.95 bits per heavy atom. The topological polar surface area (TPSA) is 41.6 Å². The molecule has 0 spiro atoms. The van der Waals surface area contributed by atoms with E-state index in [0.717, 1.165) is 43.9 Å². The van der Waals surface area contributed by atoms with Gasteiger partial charge in [-0.3, -0.25) is 0 Å². The molecule has 4 rings (SSSR count). The van der Waals surface area contributed by atoms with Crippen molar-refractivity contribution in [2.24, 2.45) is 23.2 Å². The van der Waals surface area contributed by atoms with Crippen molar-refractivity contribution in [3.63, 3.8) is 0 Å². The van der Waals surface area contributed by atoms with Crippen LogP contribution in [0.4, 0.5) is 4.79 Å². The molecule has 0 radical (unpaired) electrons. The van der Waals surface area contributed by atoms with E-state index in [9.17, 15) is 4.79 Å². The van der Waals surface area contributed by atoms with E-state index in [-0.39, 0.29) is 6.09 Å². The molecule has 21 heavy (non-hydrogen) atoms. The van der Waals surface area contributed by atoms with Crippen LogP contribution in [0.1, 0.15) is 44.9 Å². The van der Waals surface area contributed by atoms with Gasteiger partial charge in [-0.25, -0.2) is 4.79 Å². The minimum absolute atomic E-state index is 0.0787. The lowest BCUT2D eigenvalue weighted by Crippen LogP contribution is -2.47. The third kappa shape index (κ3) is 2.67. The standard InChI is InChI=1S/C17H28N2O2/c20-16(19-6-4-18-5-7-19)21-12-17-9-13-2-1-3-14(10-17)15(8-13)11-17/h13-15,18H,1-12H2. The number of piperazine rings is 1. The highest BCUT2D eigenvalue weighted by atomic mass is 16.6. The van der Waals surface area contributed by atoms with Gasteiger partial charge in [-0.05, 0) is 43.4 Å². The van der Waals surface area contributed by atoms with Crippen LogP contribution in [0.3, 0.4) is 0 Å². The molecule has 4 fully saturated rings. The average Bonchev–Trinajstić information content (AvgIpc) is 2.67. The number of rotatable bonds is 2. The van der Waals surface area contributed by atoms with Crippen LogP contribution < -0.4 is 5.32 Å². The summed E-state index contributed by atoms with van der Waals surface area (Å²) in [5.41, 5.74) is 0.336. The largest absolute Gasteiger partial charge is 0.449 e. The summed E-state index contributed by atoms with van der Waals surface area (Å²) >= 11 is 0. The fourth-order valence-corrected chi connectivity index (χ4v) is 5.65. The van der Waals surface area contributed by atoms with Crippen LogP contribution in [0.15, 0.2) is 0 Å². The Bertz CT molecular complexity index is 404. The predicted octanol–water partition coefficient (Wildman–Crippen LogP) is 2.63. The van der Waals surface area contributed by atoms with E-state index in [2.05, 4.69) is 5.32 Å². The summed E-state index contributed by atoms with van der Waals surface area (Å²) in [4.78, 5) is 14.1. The van der Waals surface area contributed by atoms with Gasteiger partial charge in [0.1, 0.15) is 0 Å². The summed E-state index contributed by atoms with van der Waals surface area (Å²) in [6.07, 6.45) is 9.61. The fraction of sp³-hybridized carbons (Fsp3) is 0.941. The van der Waals surface area contributed by atoms with Crippen LogP contribution in [0, 0.1) is 23.2 Å². The highest BCUT2D eigenvalue weighted by Crippen LogP contribution is 2.60. The monoisotopic (exact) mass is 292 g/mol. The van der Waals surface area contributed by atoms with Crippen LogP contribution in [0.5, 0.6) is 0 Å². The third-order valence-corrected chi connectivity index (χ3v) is 6.48. The van der Waals surface area contributed by atoms with E-state index in [4.69, 9.17) is 4.74 Å². The molecular weight excluding hydrogens is 264 g/mol. The number of ether oxygens (including phenoxy) is 1. The van der Waals surface area contributed by atoms with Gasteiger partial charge >= 0.3 is 6.09 Å². The maximum absolute atomic E-state index is 12.2. The van der Waals surface area contributed by atoms with Crippen molar-refractivity contribution in [2.75, 3.05) is 32.8 Å². The number of amides is 1. The first-order valence-electron chi connectivity index (χ1n) is 8.87. The Morgan fingerprint density at radius 3 is 2.81 bits per heavy atom. The van der Waals surface area contributed by atoms with Gasteiger partial charge in [0.25, 0.3) is 0 Å². The van der Waals surface area contributed by atoms with Crippen molar-refractivity contribution >= 4 is 6.09 Å². The molecule has 3 bridgehead atoms. The van der Waals surface area contributed by atoms with E-state index in [0.29, 0.717) is 12.0 Å². The van der Waals surface area contributed by atoms with Gasteiger partial charge in [0.05, 0.1) is 6.61 Å². The lowest BCUT2D eigenvalue weighted by molar-refractivity contribution is 0.0270. The summed E-state index contributed by atoms with van der Waals surface area (Å²) in [6.45, 7) is 4.05. The molecular formula is C17H28N2O2. The summed E-state index contributed by atoms with van der Waals surface area (Å²) in [5.74, 6) is 2.77. The summed E-state index contributed by atoms with van der Waals surface area (Å²) in [7, 11) is 0. The minimum Gasteiger partial charge on any atom is -0.449 e. The molecule has 0 aromatic carbocycles. The lowest BCUT2D eigenvalue weighted by atomic mass is 9.70. The predicted molar refractivity (Wildman–Crippen MR) is 81.0 cm³/mol.